The first-order valence-corrected chi connectivity index (χ1v) is 6.68. The molecule has 1 aliphatic carbocycles. The van der Waals surface area contributed by atoms with Gasteiger partial charge in [0.1, 0.15) is 0 Å². The van der Waals surface area contributed by atoms with Crippen LogP contribution in [0.25, 0.3) is 0 Å². The number of terminal acetylenes is 1. The van der Waals surface area contributed by atoms with E-state index in [-0.39, 0.29) is 11.9 Å². The Morgan fingerprint density at radius 3 is 2.82 bits per heavy atom. The van der Waals surface area contributed by atoms with Crippen molar-refractivity contribution in [2.75, 3.05) is 19.6 Å². The molecule has 3 heteroatoms. The molecule has 17 heavy (non-hydrogen) atoms. The van der Waals surface area contributed by atoms with Crippen LogP contribution in [0.4, 0.5) is 0 Å². The average molecular weight is 234 g/mol. The fraction of sp³-hybridized carbons (Fsp3) is 0.786. The Balaban J connectivity index is 1.95. The molecule has 0 aromatic rings. The summed E-state index contributed by atoms with van der Waals surface area (Å²) in [6.45, 7) is 4.42. The maximum Gasteiger partial charge on any atom is 0.240 e. The van der Waals surface area contributed by atoms with Gasteiger partial charge in [0.2, 0.25) is 5.91 Å². The zero-order chi connectivity index (χ0) is 12.3. The molecule has 1 aliphatic heterocycles. The van der Waals surface area contributed by atoms with Crippen LogP contribution in [-0.4, -0.2) is 36.5 Å². The van der Waals surface area contributed by atoms with Crippen molar-refractivity contribution in [3.05, 3.63) is 0 Å². The molecule has 0 radical (unpaired) electrons. The van der Waals surface area contributed by atoms with Crippen molar-refractivity contribution in [2.24, 2.45) is 11.8 Å². The SMILES string of the molecule is C#CCN(CC1CC1)C(=O)C1NCCCC1C. The lowest BCUT2D eigenvalue weighted by Crippen LogP contribution is -2.52. The van der Waals surface area contributed by atoms with Crippen LogP contribution in [0.1, 0.15) is 32.6 Å². The topological polar surface area (TPSA) is 32.3 Å². The summed E-state index contributed by atoms with van der Waals surface area (Å²) in [7, 11) is 0. The second-order valence-corrected chi connectivity index (χ2v) is 5.42. The molecule has 1 N–H and O–H groups in total. The first-order chi connectivity index (χ1) is 8.22. The van der Waals surface area contributed by atoms with E-state index in [0.717, 1.165) is 19.5 Å². The molecule has 94 valence electrons. The third-order valence-corrected chi connectivity index (χ3v) is 3.80. The summed E-state index contributed by atoms with van der Waals surface area (Å²) in [6.07, 6.45) is 10.2. The van der Waals surface area contributed by atoms with Gasteiger partial charge in [-0.15, -0.1) is 6.42 Å². The van der Waals surface area contributed by atoms with Crippen LogP contribution in [0.15, 0.2) is 0 Å². The Hall–Kier alpha value is -1.01. The second kappa shape index (κ2) is 5.55. The van der Waals surface area contributed by atoms with Crippen LogP contribution < -0.4 is 5.32 Å². The highest BCUT2D eigenvalue weighted by atomic mass is 16.2. The van der Waals surface area contributed by atoms with Crippen molar-refractivity contribution in [1.29, 1.82) is 0 Å². The Bertz CT molecular complexity index is 317. The zero-order valence-corrected chi connectivity index (χ0v) is 10.6. The maximum atomic E-state index is 12.4. The summed E-state index contributed by atoms with van der Waals surface area (Å²) in [6, 6.07) is -0.0177. The molecule has 3 nitrogen and oxygen atoms in total. The lowest BCUT2D eigenvalue weighted by Gasteiger charge is -2.33. The largest absolute Gasteiger partial charge is 0.330 e. The van der Waals surface area contributed by atoms with E-state index in [1.807, 2.05) is 4.90 Å². The standard InChI is InChI=1S/C14H22N2O/c1-3-9-16(10-12-6-7-12)14(17)13-11(2)5-4-8-15-13/h1,11-13,15H,4-10H2,2H3. The van der Waals surface area contributed by atoms with Crippen LogP contribution in [0.2, 0.25) is 0 Å². The van der Waals surface area contributed by atoms with Crippen molar-refractivity contribution in [1.82, 2.24) is 10.2 Å². The highest BCUT2D eigenvalue weighted by Gasteiger charge is 2.33. The van der Waals surface area contributed by atoms with Crippen LogP contribution >= 0.6 is 0 Å². The van der Waals surface area contributed by atoms with Crippen molar-refractivity contribution in [3.8, 4) is 12.3 Å². The highest BCUT2D eigenvalue weighted by molar-refractivity contribution is 5.82. The van der Waals surface area contributed by atoms with Gasteiger partial charge in [-0.2, -0.15) is 0 Å². The lowest BCUT2D eigenvalue weighted by atomic mass is 9.91. The lowest BCUT2D eigenvalue weighted by molar-refractivity contribution is -0.134. The third-order valence-electron chi connectivity index (χ3n) is 3.80. The fourth-order valence-corrected chi connectivity index (χ4v) is 2.53. The summed E-state index contributed by atoms with van der Waals surface area (Å²) in [4.78, 5) is 14.3. The quantitative estimate of drug-likeness (QED) is 0.742. The Kier molecular flexibility index (Phi) is 4.06. The number of piperidine rings is 1. The average Bonchev–Trinajstić information content (AvgIpc) is 3.12. The summed E-state index contributed by atoms with van der Waals surface area (Å²) in [5.41, 5.74) is 0. The smallest absolute Gasteiger partial charge is 0.240 e. The molecule has 2 fully saturated rings. The molecule has 2 aliphatic rings. The first-order valence-electron chi connectivity index (χ1n) is 6.68. The Morgan fingerprint density at radius 2 is 2.24 bits per heavy atom. The van der Waals surface area contributed by atoms with Gasteiger partial charge >= 0.3 is 0 Å². The molecule has 0 bridgehead atoms. The molecule has 1 heterocycles. The predicted molar refractivity (Wildman–Crippen MR) is 68.3 cm³/mol. The molecule has 1 saturated carbocycles. The molecule has 0 aromatic heterocycles. The van der Waals surface area contributed by atoms with Crippen molar-refractivity contribution < 1.29 is 4.79 Å². The maximum absolute atomic E-state index is 12.4. The molecule has 2 rings (SSSR count). The van der Waals surface area contributed by atoms with Gasteiger partial charge in [0.15, 0.2) is 0 Å². The molecular formula is C14H22N2O. The van der Waals surface area contributed by atoms with Gasteiger partial charge in [-0.3, -0.25) is 4.79 Å². The third kappa shape index (κ3) is 3.23. The summed E-state index contributed by atoms with van der Waals surface area (Å²) in [5.74, 6) is 3.95. The molecule has 2 unspecified atom stereocenters. The van der Waals surface area contributed by atoms with E-state index >= 15 is 0 Å². The Morgan fingerprint density at radius 1 is 1.47 bits per heavy atom. The van der Waals surface area contributed by atoms with Crippen LogP contribution in [0.5, 0.6) is 0 Å². The van der Waals surface area contributed by atoms with Crippen LogP contribution in [-0.2, 0) is 4.79 Å². The van der Waals surface area contributed by atoms with E-state index in [2.05, 4.69) is 18.2 Å². The highest BCUT2D eigenvalue weighted by Crippen LogP contribution is 2.30. The van der Waals surface area contributed by atoms with E-state index in [4.69, 9.17) is 6.42 Å². The number of rotatable bonds is 4. The van der Waals surface area contributed by atoms with E-state index in [0.29, 0.717) is 18.4 Å². The number of nitrogens with zero attached hydrogens (tertiary/aromatic N) is 1. The minimum absolute atomic E-state index is 0.0177. The van der Waals surface area contributed by atoms with Gasteiger partial charge < -0.3 is 10.2 Å². The van der Waals surface area contributed by atoms with E-state index in [1.54, 1.807) is 0 Å². The van der Waals surface area contributed by atoms with Gasteiger partial charge in [0.05, 0.1) is 12.6 Å². The number of hydrogen-bond acceptors (Lipinski definition) is 2. The second-order valence-electron chi connectivity index (χ2n) is 5.42. The number of hydrogen-bond donors (Lipinski definition) is 1. The van der Waals surface area contributed by atoms with Gasteiger partial charge in [0, 0.05) is 6.54 Å². The molecular weight excluding hydrogens is 212 g/mol. The van der Waals surface area contributed by atoms with Crippen molar-refractivity contribution >= 4 is 5.91 Å². The number of carbonyl (C=O) groups excluding carboxylic acids is 1. The monoisotopic (exact) mass is 234 g/mol. The number of nitrogens with one attached hydrogen (secondary N) is 1. The van der Waals surface area contributed by atoms with Gasteiger partial charge in [-0.25, -0.2) is 0 Å². The van der Waals surface area contributed by atoms with Crippen molar-refractivity contribution in [2.45, 2.75) is 38.6 Å². The summed E-state index contributed by atoms with van der Waals surface area (Å²) < 4.78 is 0. The fourth-order valence-electron chi connectivity index (χ4n) is 2.53. The van der Waals surface area contributed by atoms with Crippen LogP contribution in [0, 0.1) is 24.2 Å². The molecule has 1 saturated heterocycles. The first kappa shape index (κ1) is 12.4. The van der Waals surface area contributed by atoms with Crippen molar-refractivity contribution in [3.63, 3.8) is 0 Å². The predicted octanol–water partition coefficient (Wildman–Crippen LogP) is 1.25. The summed E-state index contributed by atoms with van der Waals surface area (Å²) in [5, 5.41) is 3.34. The van der Waals surface area contributed by atoms with Gasteiger partial charge in [-0.05, 0) is 44.1 Å². The van der Waals surface area contributed by atoms with E-state index in [9.17, 15) is 4.79 Å². The van der Waals surface area contributed by atoms with E-state index < -0.39 is 0 Å². The number of carbonyl (C=O) groups is 1. The summed E-state index contributed by atoms with van der Waals surface area (Å²) >= 11 is 0. The molecule has 0 spiro atoms. The zero-order valence-electron chi connectivity index (χ0n) is 10.6. The van der Waals surface area contributed by atoms with Crippen LogP contribution in [0.3, 0.4) is 0 Å². The minimum Gasteiger partial charge on any atom is -0.330 e. The normalized spacial score (nSPS) is 28.5. The van der Waals surface area contributed by atoms with Gasteiger partial charge in [0.25, 0.3) is 0 Å². The molecule has 0 aromatic carbocycles. The van der Waals surface area contributed by atoms with E-state index in [1.165, 1.54) is 19.3 Å². The minimum atomic E-state index is -0.0177. The Labute approximate surface area is 104 Å². The van der Waals surface area contributed by atoms with Gasteiger partial charge in [-0.1, -0.05) is 12.8 Å². The number of amides is 1. The molecule has 1 amide bonds. The molecule has 2 atom stereocenters.